The Labute approximate surface area is 149 Å². The molecule has 1 saturated heterocycles. The average molecular weight is 380 g/mol. The molecule has 1 unspecified atom stereocenters. The number of benzene rings is 1. The van der Waals surface area contributed by atoms with Gasteiger partial charge in [0.05, 0.1) is 19.8 Å². The Kier molecular flexibility index (Phi) is 7.77. The minimum Gasteiger partial charge on any atom is -0.394 e. The van der Waals surface area contributed by atoms with Crippen LogP contribution in [-0.4, -0.2) is 79.9 Å². The van der Waals surface area contributed by atoms with Crippen molar-refractivity contribution in [2.24, 2.45) is 0 Å². The van der Waals surface area contributed by atoms with Crippen molar-refractivity contribution in [2.75, 3.05) is 24.7 Å². The third-order valence-electron chi connectivity index (χ3n) is 4.17. The average Bonchev–Trinajstić information content (AvgIpc) is 2.83. The monoisotopic (exact) mass is 379 g/mol. The van der Waals surface area contributed by atoms with E-state index in [1.54, 1.807) is 18.2 Å². The Bertz CT molecular complexity index is 519. The fourth-order valence-electron chi connectivity index (χ4n) is 2.72. The molecule has 0 radical (unpaired) electrons. The molecule has 0 spiro atoms. The van der Waals surface area contributed by atoms with Gasteiger partial charge in [0, 0.05) is 15.9 Å². The normalized spacial score (nSPS) is 29.6. The van der Waals surface area contributed by atoms with Crippen LogP contribution in [0, 0.1) is 0 Å². The van der Waals surface area contributed by atoms with E-state index in [0.717, 1.165) is 5.56 Å². The summed E-state index contributed by atoms with van der Waals surface area (Å²) >= 11 is 6.05. The zero-order chi connectivity index (χ0) is 17.7. The van der Waals surface area contributed by atoms with Gasteiger partial charge in [0.2, 0.25) is 0 Å². The van der Waals surface area contributed by atoms with Gasteiger partial charge in [-0.05, 0) is 11.6 Å². The third-order valence-corrected chi connectivity index (χ3v) is 7.37. The lowest BCUT2D eigenvalue weighted by Crippen LogP contribution is -2.42. The van der Waals surface area contributed by atoms with Crippen LogP contribution in [0.5, 0.6) is 0 Å². The molecule has 136 valence electrons. The van der Waals surface area contributed by atoms with E-state index in [2.05, 4.69) is 0 Å². The van der Waals surface area contributed by atoms with Crippen LogP contribution in [-0.2, 0) is 22.2 Å². The van der Waals surface area contributed by atoms with Crippen molar-refractivity contribution in [1.82, 2.24) is 0 Å². The highest BCUT2D eigenvalue weighted by Crippen LogP contribution is 2.25. The van der Waals surface area contributed by atoms with Crippen LogP contribution in [0.1, 0.15) is 5.56 Å². The fraction of sp³-hybridized carbons (Fsp3) is 0.625. The first-order valence-corrected chi connectivity index (χ1v) is 9.75. The second kappa shape index (κ2) is 9.35. The van der Waals surface area contributed by atoms with Gasteiger partial charge in [-0.1, -0.05) is 29.8 Å². The first kappa shape index (κ1) is 19.9. The van der Waals surface area contributed by atoms with E-state index in [0.29, 0.717) is 10.8 Å². The number of rotatable bonds is 8. The molecule has 5 N–H and O–H groups in total. The molecule has 8 heteroatoms. The van der Waals surface area contributed by atoms with E-state index in [1.165, 1.54) is 0 Å². The van der Waals surface area contributed by atoms with E-state index in [4.69, 9.17) is 16.3 Å². The van der Waals surface area contributed by atoms with Crippen molar-refractivity contribution >= 4 is 22.5 Å². The van der Waals surface area contributed by atoms with Gasteiger partial charge < -0.3 is 30.3 Å². The zero-order valence-corrected chi connectivity index (χ0v) is 14.7. The Morgan fingerprint density at radius 3 is 2.58 bits per heavy atom. The Morgan fingerprint density at radius 2 is 1.96 bits per heavy atom. The van der Waals surface area contributed by atoms with Crippen LogP contribution < -0.4 is 0 Å². The Balaban J connectivity index is 1.91. The summed E-state index contributed by atoms with van der Waals surface area (Å²) in [5, 5.41) is 48.9. The zero-order valence-electron chi connectivity index (χ0n) is 13.2. The van der Waals surface area contributed by atoms with Crippen molar-refractivity contribution in [3.05, 3.63) is 34.9 Å². The lowest BCUT2D eigenvalue weighted by atomic mass is 10.2. The molecule has 6 nitrogen and oxygen atoms in total. The summed E-state index contributed by atoms with van der Waals surface area (Å²) in [6, 6.07) is 7.16. The Morgan fingerprint density at radius 1 is 1.25 bits per heavy atom. The highest BCUT2D eigenvalue weighted by atomic mass is 35.5. The number of ether oxygens (including phenoxy) is 1. The third kappa shape index (κ3) is 4.83. The first-order valence-electron chi connectivity index (χ1n) is 7.75. The van der Waals surface area contributed by atoms with Gasteiger partial charge in [-0.2, -0.15) is 0 Å². The van der Waals surface area contributed by atoms with Crippen molar-refractivity contribution in [2.45, 2.75) is 36.3 Å². The highest BCUT2D eigenvalue weighted by molar-refractivity contribution is 7.97. The number of hydrogen-bond acceptors (Lipinski definition) is 6. The summed E-state index contributed by atoms with van der Waals surface area (Å²) in [5.74, 6) is 0.569. The van der Waals surface area contributed by atoms with Crippen LogP contribution >= 0.6 is 11.6 Å². The molecular formula is C16H24ClO6S+. The molecule has 0 amide bonds. The number of aliphatic hydroxyl groups is 5. The molecule has 24 heavy (non-hydrogen) atoms. The van der Waals surface area contributed by atoms with Gasteiger partial charge in [0.25, 0.3) is 0 Å². The molecule has 0 aromatic heterocycles. The van der Waals surface area contributed by atoms with E-state index in [1.807, 2.05) is 6.07 Å². The number of hydrogen-bond donors (Lipinski definition) is 5. The largest absolute Gasteiger partial charge is 0.394 e. The summed E-state index contributed by atoms with van der Waals surface area (Å²) in [4.78, 5) is 0. The lowest BCUT2D eigenvalue weighted by molar-refractivity contribution is -0.0623. The molecule has 1 fully saturated rings. The minimum atomic E-state index is -0.984. The first-order chi connectivity index (χ1) is 11.5. The van der Waals surface area contributed by atoms with E-state index >= 15 is 0 Å². The predicted octanol–water partition coefficient (Wildman–Crippen LogP) is -0.707. The summed E-state index contributed by atoms with van der Waals surface area (Å²) in [7, 11) is -0.547. The van der Waals surface area contributed by atoms with Crippen LogP contribution in [0.25, 0.3) is 0 Å². The van der Waals surface area contributed by atoms with Gasteiger partial charge in [-0.25, -0.2) is 0 Å². The molecule has 0 saturated carbocycles. The fourth-order valence-corrected chi connectivity index (χ4v) is 5.61. The number of halogens is 1. The molecular weight excluding hydrogens is 356 g/mol. The standard InChI is InChI=1S/C16H24ClO6S/c17-11-4-2-1-3-10(11)7-23-14(5-18)12(20)8-24-9-13(21)16(22)15(24)6-19/h1-4,12-16,18-22H,5-9H2/q+1/t12-,13-,14+,15-,16+,24?/m1/s1. The van der Waals surface area contributed by atoms with E-state index in [-0.39, 0.29) is 25.6 Å². The van der Waals surface area contributed by atoms with Gasteiger partial charge in [0.1, 0.15) is 35.9 Å². The van der Waals surface area contributed by atoms with Gasteiger partial charge in [0.15, 0.2) is 5.25 Å². The second-order valence-electron chi connectivity index (χ2n) is 5.84. The second-order valence-corrected chi connectivity index (χ2v) is 8.59. The number of aliphatic hydroxyl groups excluding tert-OH is 5. The molecule has 1 aromatic carbocycles. The summed E-state index contributed by atoms with van der Waals surface area (Å²) in [6.07, 6.45) is -3.65. The molecule has 2 rings (SSSR count). The van der Waals surface area contributed by atoms with E-state index < -0.39 is 40.6 Å². The highest BCUT2D eigenvalue weighted by Gasteiger charge is 2.50. The van der Waals surface area contributed by atoms with Crippen molar-refractivity contribution in [1.29, 1.82) is 0 Å². The SMILES string of the molecule is OC[C@H](OCc1ccccc1Cl)[C@H](O)C[S+]1C[C@@H](O)[C@H](O)[C@H]1CO. The Hall–Kier alpha value is -0.380. The molecule has 6 atom stereocenters. The molecule has 1 aliphatic rings. The maximum Gasteiger partial charge on any atom is 0.169 e. The predicted molar refractivity (Wildman–Crippen MR) is 93.1 cm³/mol. The van der Waals surface area contributed by atoms with Crippen LogP contribution in [0.3, 0.4) is 0 Å². The van der Waals surface area contributed by atoms with Crippen molar-refractivity contribution < 1.29 is 30.3 Å². The summed E-state index contributed by atoms with van der Waals surface area (Å²) in [6.45, 7) is -0.458. The topological polar surface area (TPSA) is 110 Å². The van der Waals surface area contributed by atoms with Crippen LogP contribution in [0.15, 0.2) is 24.3 Å². The quantitative estimate of drug-likeness (QED) is 0.382. The van der Waals surface area contributed by atoms with Crippen molar-refractivity contribution in [3.8, 4) is 0 Å². The van der Waals surface area contributed by atoms with Gasteiger partial charge in [-0.3, -0.25) is 0 Å². The van der Waals surface area contributed by atoms with Gasteiger partial charge in [-0.15, -0.1) is 0 Å². The molecule has 1 aromatic rings. The van der Waals surface area contributed by atoms with Crippen LogP contribution in [0.2, 0.25) is 5.02 Å². The molecule has 1 aliphatic heterocycles. The van der Waals surface area contributed by atoms with E-state index in [9.17, 15) is 25.5 Å². The lowest BCUT2D eigenvalue weighted by Gasteiger charge is -2.22. The van der Waals surface area contributed by atoms with Crippen LogP contribution in [0.4, 0.5) is 0 Å². The molecule has 0 aliphatic carbocycles. The molecule has 1 heterocycles. The minimum absolute atomic E-state index is 0.157. The maximum atomic E-state index is 10.3. The summed E-state index contributed by atoms with van der Waals surface area (Å²) in [5.41, 5.74) is 0.757. The van der Waals surface area contributed by atoms with Crippen molar-refractivity contribution in [3.63, 3.8) is 0 Å². The maximum absolute atomic E-state index is 10.3. The molecule has 0 bridgehead atoms. The summed E-state index contributed by atoms with van der Waals surface area (Å²) < 4.78 is 5.59. The van der Waals surface area contributed by atoms with Gasteiger partial charge >= 0.3 is 0 Å². The smallest absolute Gasteiger partial charge is 0.169 e.